The van der Waals surface area contributed by atoms with E-state index in [2.05, 4.69) is 11.8 Å². The van der Waals surface area contributed by atoms with Gasteiger partial charge in [-0.3, -0.25) is 4.79 Å². The summed E-state index contributed by atoms with van der Waals surface area (Å²) in [5.41, 5.74) is 1.99. The minimum atomic E-state index is 0.104. The fourth-order valence-electron chi connectivity index (χ4n) is 3.93. The molecule has 3 rings (SSSR count). The molecule has 6 heteroatoms. The van der Waals surface area contributed by atoms with E-state index in [1.807, 2.05) is 47.4 Å². The summed E-state index contributed by atoms with van der Waals surface area (Å²) in [6.45, 7) is 6.73. The summed E-state index contributed by atoms with van der Waals surface area (Å²) in [5, 5.41) is 0.703. The summed E-state index contributed by atoms with van der Waals surface area (Å²) in [4.78, 5) is 17.7. The molecule has 0 aliphatic carbocycles. The maximum atomic E-state index is 13.3. The predicted molar refractivity (Wildman–Crippen MR) is 125 cm³/mol. The molecule has 1 saturated heterocycles. The lowest BCUT2D eigenvalue weighted by atomic mass is 9.99. The van der Waals surface area contributed by atoms with Gasteiger partial charge in [-0.15, -0.1) is 0 Å². The highest BCUT2D eigenvalue weighted by Crippen LogP contribution is 2.28. The first-order valence-electron chi connectivity index (χ1n) is 10.9. The minimum Gasteiger partial charge on any atom is -0.493 e. The molecule has 1 aliphatic heterocycles. The van der Waals surface area contributed by atoms with Crippen LogP contribution in [0.25, 0.3) is 0 Å². The molecule has 0 atom stereocenters. The Morgan fingerprint density at radius 1 is 1.03 bits per heavy atom. The lowest BCUT2D eigenvalue weighted by molar-refractivity contribution is -0.131. The fourth-order valence-corrected chi connectivity index (χ4v) is 4.05. The van der Waals surface area contributed by atoms with Crippen LogP contribution >= 0.6 is 11.6 Å². The number of halogens is 1. The molecule has 1 heterocycles. The standard InChI is InChI=1S/C25H33ClN2O3/c1-19-10-12-27(13-11-19)14-15-28(18-20-4-7-22(26)8-5-20)25(29)17-21-6-9-23(30-2)24(16-21)31-3/h4-9,16,19H,10-15,17-18H2,1-3H3. The number of carbonyl (C=O) groups excluding carboxylic acids is 1. The highest BCUT2D eigenvalue weighted by molar-refractivity contribution is 6.30. The second-order valence-electron chi connectivity index (χ2n) is 8.33. The van der Waals surface area contributed by atoms with Crippen molar-refractivity contribution in [2.24, 2.45) is 5.92 Å². The lowest BCUT2D eigenvalue weighted by Crippen LogP contribution is -2.41. The van der Waals surface area contributed by atoms with E-state index in [1.54, 1.807) is 14.2 Å². The van der Waals surface area contributed by atoms with Crippen molar-refractivity contribution in [2.75, 3.05) is 40.4 Å². The number of ether oxygens (including phenoxy) is 2. The third-order valence-electron chi connectivity index (χ3n) is 6.01. The Kier molecular flexibility index (Phi) is 8.61. The van der Waals surface area contributed by atoms with E-state index in [-0.39, 0.29) is 5.91 Å². The molecule has 168 valence electrons. The largest absolute Gasteiger partial charge is 0.493 e. The average Bonchev–Trinajstić information content (AvgIpc) is 2.78. The number of piperidine rings is 1. The van der Waals surface area contributed by atoms with Gasteiger partial charge in [-0.2, -0.15) is 0 Å². The van der Waals surface area contributed by atoms with Gasteiger partial charge in [0.05, 0.1) is 20.6 Å². The molecule has 1 aliphatic rings. The van der Waals surface area contributed by atoms with E-state index in [9.17, 15) is 4.79 Å². The van der Waals surface area contributed by atoms with E-state index < -0.39 is 0 Å². The Bertz CT molecular complexity index is 848. The molecule has 0 spiro atoms. The first-order chi connectivity index (χ1) is 15.0. The van der Waals surface area contributed by atoms with Crippen LogP contribution in [-0.4, -0.2) is 56.1 Å². The maximum Gasteiger partial charge on any atom is 0.227 e. The Morgan fingerprint density at radius 2 is 1.68 bits per heavy atom. The Balaban J connectivity index is 1.69. The summed E-state index contributed by atoms with van der Waals surface area (Å²) in [6, 6.07) is 13.4. The van der Waals surface area contributed by atoms with Crippen LogP contribution in [0.4, 0.5) is 0 Å². The van der Waals surface area contributed by atoms with Crippen molar-refractivity contribution in [2.45, 2.75) is 32.7 Å². The van der Waals surface area contributed by atoms with Crippen LogP contribution in [0.1, 0.15) is 30.9 Å². The molecule has 0 unspecified atom stereocenters. The third kappa shape index (κ3) is 6.88. The molecule has 0 radical (unpaired) electrons. The van der Waals surface area contributed by atoms with Crippen LogP contribution in [0.2, 0.25) is 5.02 Å². The Labute approximate surface area is 190 Å². The number of likely N-dealkylation sites (tertiary alicyclic amines) is 1. The van der Waals surface area contributed by atoms with Crippen LogP contribution in [0.15, 0.2) is 42.5 Å². The summed E-state index contributed by atoms with van der Waals surface area (Å²) in [6.07, 6.45) is 2.79. The summed E-state index contributed by atoms with van der Waals surface area (Å²) in [7, 11) is 3.22. The average molecular weight is 445 g/mol. The normalized spacial score (nSPS) is 15.0. The highest BCUT2D eigenvalue weighted by atomic mass is 35.5. The van der Waals surface area contributed by atoms with E-state index in [0.717, 1.165) is 36.7 Å². The summed E-state index contributed by atoms with van der Waals surface area (Å²) in [5.74, 6) is 2.20. The van der Waals surface area contributed by atoms with Crippen molar-refractivity contribution in [3.05, 3.63) is 58.6 Å². The fraction of sp³-hybridized carbons (Fsp3) is 0.480. The molecule has 2 aromatic rings. The van der Waals surface area contributed by atoms with Gasteiger partial charge >= 0.3 is 0 Å². The molecular formula is C25H33ClN2O3. The van der Waals surface area contributed by atoms with Gasteiger partial charge < -0.3 is 19.3 Å². The van der Waals surface area contributed by atoms with Gasteiger partial charge in [-0.05, 0) is 67.2 Å². The molecule has 0 bridgehead atoms. The predicted octanol–water partition coefficient (Wildman–Crippen LogP) is 4.66. The minimum absolute atomic E-state index is 0.104. The van der Waals surface area contributed by atoms with Crippen molar-refractivity contribution in [1.29, 1.82) is 0 Å². The molecule has 0 aromatic heterocycles. The topological polar surface area (TPSA) is 42.0 Å². The first-order valence-corrected chi connectivity index (χ1v) is 11.3. The summed E-state index contributed by atoms with van der Waals surface area (Å²) < 4.78 is 10.7. The quantitative estimate of drug-likeness (QED) is 0.564. The van der Waals surface area contributed by atoms with Gasteiger partial charge in [0.15, 0.2) is 11.5 Å². The molecule has 2 aromatic carbocycles. The number of carbonyl (C=O) groups is 1. The number of hydrogen-bond acceptors (Lipinski definition) is 4. The zero-order valence-corrected chi connectivity index (χ0v) is 19.5. The smallest absolute Gasteiger partial charge is 0.227 e. The van der Waals surface area contributed by atoms with Crippen molar-refractivity contribution in [3.63, 3.8) is 0 Å². The van der Waals surface area contributed by atoms with E-state index in [4.69, 9.17) is 21.1 Å². The Morgan fingerprint density at radius 3 is 2.32 bits per heavy atom. The number of hydrogen-bond donors (Lipinski definition) is 0. The molecular weight excluding hydrogens is 412 g/mol. The van der Waals surface area contributed by atoms with E-state index in [0.29, 0.717) is 36.0 Å². The van der Waals surface area contributed by atoms with Crippen molar-refractivity contribution in [3.8, 4) is 11.5 Å². The summed E-state index contributed by atoms with van der Waals surface area (Å²) >= 11 is 6.04. The van der Waals surface area contributed by atoms with Crippen molar-refractivity contribution in [1.82, 2.24) is 9.80 Å². The van der Waals surface area contributed by atoms with Crippen LogP contribution in [-0.2, 0) is 17.8 Å². The number of rotatable bonds is 9. The molecule has 1 amide bonds. The second-order valence-corrected chi connectivity index (χ2v) is 8.77. The molecule has 31 heavy (non-hydrogen) atoms. The van der Waals surface area contributed by atoms with Crippen molar-refractivity contribution >= 4 is 17.5 Å². The number of nitrogens with zero attached hydrogens (tertiary/aromatic N) is 2. The molecule has 0 N–H and O–H groups in total. The Hall–Kier alpha value is -2.24. The molecule has 0 saturated carbocycles. The van der Waals surface area contributed by atoms with Gasteiger partial charge in [-0.1, -0.05) is 36.7 Å². The van der Waals surface area contributed by atoms with Crippen LogP contribution in [0.3, 0.4) is 0 Å². The number of methoxy groups -OCH3 is 2. The van der Waals surface area contributed by atoms with Gasteiger partial charge in [0.25, 0.3) is 0 Å². The maximum absolute atomic E-state index is 13.3. The number of benzene rings is 2. The van der Waals surface area contributed by atoms with Crippen molar-refractivity contribution < 1.29 is 14.3 Å². The highest BCUT2D eigenvalue weighted by Gasteiger charge is 2.20. The van der Waals surface area contributed by atoms with Gasteiger partial charge in [0.1, 0.15) is 0 Å². The van der Waals surface area contributed by atoms with E-state index >= 15 is 0 Å². The van der Waals surface area contributed by atoms with Gasteiger partial charge in [-0.25, -0.2) is 0 Å². The monoisotopic (exact) mass is 444 g/mol. The van der Waals surface area contributed by atoms with Crippen LogP contribution in [0, 0.1) is 5.92 Å². The number of amides is 1. The second kappa shape index (κ2) is 11.4. The third-order valence-corrected chi connectivity index (χ3v) is 6.26. The molecule has 1 fully saturated rings. The van der Waals surface area contributed by atoms with Crippen LogP contribution in [0.5, 0.6) is 11.5 Å². The van der Waals surface area contributed by atoms with Gasteiger partial charge in [0.2, 0.25) is 5.91 Å². The lowest BCUT2D eigenvalue weighted by Gasteiger charge is -2.32. The van der Waals surface area contributed by atoms with E-state index in [1.165, 1.54) is 12.8 Å². The zero-order valence-electron chi connectivity index (χ0n) is 18.8. The van der Waals surface area contributed by atoms with Gasteiger partial charge in [0, 0.05) is 24.7 Å². The van der Waals surface area contributed by atoms with Crippen LogP contribution < -0.4 is 9.47 Å². The zero-order chi connectivity index (χ0) is 22.2. The first kappa shape index (κ1) is 23.4. The molecule has 5 nitrogen and oxygen atoms in total. The SMILES string of the molecule is COc1ccc(CC(=O)N(CCN2CCC(C)CC2)Cc2ccc(Cl)cc2)cc1OC.